The SMILES string of the molecule is Cc1ccc(NS(=O)(=O)c2c(F)cccc2F)c(CO)c1. The van der Waals surface area contributed by atoms with Gasteiger partial charge in [-0.25, -0.2) is 17.2 Å². The second-order valence-electron chi connectivity index (χ2n) is 4.47. The van der Waals surface area contributed by atoms with Crippen LogP contribution >= 0.6 is 0 Å². The monoisotopic (exact) mass is 313 g/mol. The second kappa shape index (κ2) is 5.79. The van der Waals surface area contributed by atoms with E-state index in [9.17, 15) is 22.3 Å². The lowest BCUT2D eigenvalue weighted by Crippen LogP contribution is -2.17. The Kier molecular flexibility index (Phi) is 4.24. The normalized spacial score (nSPS) is 11.4. The summed E-state index contributed by atoms with van der Waals surface area (Å²) < 4.78 is 53.5. The Morgan fingerprint density at radius 3 is 2.33 bits per heavy atom. The van der Waals surface area contributed by atoms with E-state index in [2.05, 4.69) is 4.72 Å². The van der Waals surface area contributed by atoms with E-state index in [4.69, 9.17) is 0 Å². The Morgan fingerprint density at radius 2 is 1.76 bits per heavy atom. The summed E-state index contributed by atoms with van der Waals surface area (Å²) in [5, 5.41) is 9.24. The van der Waals surface area contributed by atoms with Crippen molar-refractivity contribution in [2.45, 2.75) is 18.4 Å². The van der Waals surface area contributed by atoms with Crippen molar-refractivity contribution >= 4 is 15.7 Å². The van der Waals surface area contributed by atoms with E-state index in [0.29, 0.717) is 5.56 Å². The molecule has 2 N–H and O–H groups in total. The van der Waals surface area contributed by atoms with Crippen molar-refractivity contribution in [1.82, 2.24) is 0 Å². The number of halogens is 2. The van der Waals surface area contributed by atoms with Gasteiger partial charge in [0.1, 0.15) is 11.6 Å². The van der Waals surface area contributed by atoms with E-state index in [1.54, 1.807) is 19.1 Å². The molecule has 4 nitrogen and oxygen atoms in total. The van der Waals surface area contributed by atoms with Gasteiger partial charge in [-0.05, 0) is 25.1 Å². The number of anilines is 1. The Labute approximate surface area is 121 Å². The minimum atomic E-state index is -4.43. The van der Waals surface area contributed by atoms with E-state index < -0.39 is 33.2 Å². The van der Waals surface area contributed by atoms with Crippen molar-refractivity contribution in [3.63, 3.8) is 0 Å². The molecule has 2 rings (SSSR count). The Hall–Kier alpha value is -1.99. The molecule has 0 unspecified atom stereocenters. The molecule has 0 aliphatic carbocycles. The Morgan fingerprint density at radius 1 is 1.14 bits per heavy atom. The van der Waals surface area contributed by atoms with Crippen molar-refractivity contribution in [3.05, 3.63) is 59.2 Å². The van der Waals surface area contributed by atoms with Gasteiger partial charge in [0.25, 0.3) is 10.0 Å². The first-order chi connectivity index (χ1) is 9.85. The van der Waals surface area contributed by atoms with Crippen LogP contribution in [0.2, 0.25) is 0 Å². The molecular formula is C14H13F2NO3S. The highest BCUT2D eigenvalue weighted by Gasteiger charge is 2.24. The first-order valence-corrected chi connectivity index (χ1v) is 7.50. The van der Waals surface area contributed by atoms with Gasteiger partial charge in [-0.15, -0.1) is 0 Å². The standard InChI is InChI=1S/C14H13F2NO3S/c1-9-5-6-13(10(7-9)8-18)17-21(19,20)14-11(15)3-2-4-12(14)16/h2-7,17-18H,8H2,1H3. The highest BCUT2D eigenvalue weighted by molar-refractivity contribution is 7.92. The molecule has 0 aliphatic heterocycles. The predicted molar refractivity (Wildman–Crippen MR) is 74.3 cm³/mol. The minimum Gasteiger partial charge on any atom is -0.392 e. The average molecular weight is 313 g/mol. The van der Waals surface area contributed by atoms with Crippen molar-refractivity contribution in [1.29, 1.82) is 0 Å². The third-order valence-electron chi connectivity index (χ3n) is 2.86. The minimum absolute atomic E-state index is 0.0748. The largest absolute Gasteiger partial charge is 0.392 e. The van der Waals surface area contributed by atoms with Crippen LogP contribution in [-0.4, -0.2) is 13.5 Å². The van der Waals surface area contributed by atoms with Gasteiger partial charge in [-0.2, -0.15) is 0 Å². The van der Waals surface area contributed by atoms with Crippen LogP contribution in [0.5, 0.6) is 0 Å². The molecule has 2 aromatic rings. The Balaban J connectivity index is 2.48. The van der Waals surface area contributed by atoms with Crippen molar-refractivity contribution in [2.75, 3.05) is 4.72 Å². The van der Waals surface area contributed by atoms with Crippen LogP contribution < -0.4 is 4.72 Å². The lowest BCUT2D eigenvalue weighted by Gasteiger charge is -2.13. The summed E-state index contributed by atoms with van der Waals surface area (Å²) >= 11 is 0. The molecule has 0 saturated heterocycles. The summed E-state index contributed by atoms with van der Waals surface area (Å²) in [6, 6.07) is 7.43. The third kappa shape index (κ3) is 3.20. The molecule has 7 heteroatoms. The first kappa shape index (κ1) is 15.4. The molecule has 0 fully saturated rings. The number of hydrogen-bond acceptors (Lipinski definition) is 3. The van der Waals surface area contributed by atoms with E-state index in [0.717, 1.165) is 23.8 Å². The molecule has 0 amide bonds. The van der Waals surface area contributed by atoms with Crippen molar-refractivity contribution < 1.29 is 22.3 Å². The number of aliphatic hydroxyl groups is 1. The summed E-state index contributed by atoms with van der Waals surface area (Å²) in [7, 11) is -4.43. The predicted octanol–water partition coefficient (Wildman–Crippen LogP) is 2.57. The molecule has 0 heterocycles. The highest BCUT2D eigenvalue weighted by atomic mass is 32.2. The summed E-state index contributed by atoms with van der Waals surface area (Å²) in [5.74, 6) is -2.36. The molecule has 2 aromatic carbocycles. The highest BCUT2D eigenvalue weighted by Crippen LogP contribution is 2.24. The summed E-state index contributed by atoms with van der Waals surface area (Å²) in [6.07, 6.45) is 0. The number of aliphatic hydroxyl groups excluding tert-OH is 1. The number of nitrogens with one attached hydrogen (secondary N) is 1. The van der Waals surface area contributed by atoms with Crippen LogP contribution in [0, 0.1) is 18.6 Å². The van der Waals surface area contributed by atoms with Crippen LogP contribution in [0.1, 0.15) is 11.1 Å². The summed E-state index contributed by atoms with van der Waals surface area (Å²) in [6.45, 7) is 1.37. The molecule has 0 bridgehead atoms. The zero-order chi connectivity index (χ0) is 15.6. The summed E-state index contributed by atoms with van der Waals surface area (Å²) in [5.41, 5.74) is 1.21. The first-order valence-electron chi connectivity index (χ1n) is 6.02. The fourth-order valence-corrected chi connectivity index (χ4v) is 3.13. The molecule has 0 saturated carbocycles. The topological polar surface area (TPSA) is 66.4 Å². The van der Waals surface area contributed by atoms with Crippen LogP contribution in [0.4, 0.5) is 14.5 Å². The van der Waals surface area contributed by atoms with Gasteiger partial charge in [-0.1, -0.05) is 23.8 Å². The van der Waals surface area contributed by atoms with Gasteiger partial charge in [0.15, 0.2) is 4.90 Å². The third-order valence-corrected chi connectivity index (χ3v) is 4.28. The lowest BCUT2D eigenvalue weighted by molar-refractivity contribution is 0.282. The molecule has 0 aromatic heterocycles. The molecule has 0 spiro atoms. The van der Waals surface area contributed by atoms with Crippen molar-refractivity contribution in [2.24, 2.45) is 0 Å². The van der Waals surface area contributed by atoms with Gasteiger partial charge in [-0.3, -0.25) is 4.72 Å². The van der Waals surface area contributed by atoms with Gasteiger partial charge >= 0.3 is 0 Å². The fraction of sp³-hybridized carbons (Fsp3) is 0.143. The van der Waals surface area contributed by atoms with E-state index in [1.165, 1.54) is 6.07 Å². The van der Waals surface area contributed by atoms with E-state index in [1.807, 2.05) is 0 Å². The molecule has 0 aliphatic rings. The van der Waals surface area contributed by atoms with Crippen LogP contribution in [0.15, 0.2) is 41.3 Å². The Bertz CT molecular complexity index is 756. The van der Waals surface area contributed by atoms with Crippen LogP contribution in [0.25, 0.3) is 0 Å². The van der Waals surface area contributed by atoms with Gasteiger partial charge in [0.2, 0.25) is 0 Å². The zero-order valence-corrected chi connectivity index (χ0v) is 11.9. The summed E-state index contributed by atoms with van der Waals surface area (Å²) in [4.78, 5) is -1.05. The van der Waals surface area contributed by atoms with Gasteiger partial charge in [0.05, 0.1) is 12.3 Å². The average Bonchev–Trinajstić information content (AvgIpc) is 2.40. The maximum Gasteiger partial charge on any atom is 0.267 e. The number of sulfonamides is 1. The van der Waals surface area contributed by atoms with E-state index in [-0.39, 0.29) is 5.69 Å². The van der Waals surface area contributed by atoms with Crippen LogP contribution in [-0.2, 0) is 16.6 Å². The number of benzene rings is 2. The number of aryl methyl sites for hydroxylation is 1. The zero-order valence-electron chi connectivity index (χ0n) is 11.1. The number of hydrogen-bond donors (Lipinski definition) is 2. The second-order valence-corrected chi connectivity index (χ2v) is 6.09. The smallest absolute Gasteiger partial charge is 0.267 e. The lowest BCUT2D eigenvalue weighted by atomic mass is 10.1. The van der Waals surface area contributed by atoms with Gasteiger partial charge in [0, 0.05) is 5.56 Å². The molecule has 112 valence electrons. The molecule has 0 atom stereocenters. The van der Waals surface area contributed by atoms with Gasteiger partial charge < -0.3 is 5.11 Å². The fourth-order valence-electron chi connectivity index (χ4n) is 1.89. The maximum absolute atomic E-state index is 13.6. The molecule has 0 radical (unpaired) electrons. The van der Waals surface area contributed by atoms with E-state index >= 15 is 0 Å². The molecule has 21 heavy (non-hydrogen) atoms. The quantitative estimate of drug-likeness (QED) is 0.911. The maximum atomic E-state index is 13.6. The molecular weight excluding hydrogens is 300 g/mol. The van der Waals surface area contributed by atoms with Crippen molar-refractivity contribution in [3.8, 4) is 0 Å². The number of rotatable bonds is 4. The van der Waals surface area contributed by atoms with Crippen LogP contribution in [0.3, 0.4) is 0 Å².